The minimum Gasteiger partial charge on any atom is -0.493 e. The third-order valence-electron chi connectivity index (χ3n) is 5.57. The van der Waals surface area contributed by atoms with Crippen molar-refractivity contribution in [3.05, 3.63) is 76.6 Å². The maximum atomic E-state index is 12.9. The molecule has 0 saturated carbocycles. The van der Waals surface area contributed by atoms with E-state index in [0.29, 0.717) is 35.7 Å². The molecule has 31 heavy (non-hydrogen) atoms. The lowest BCUT2D eigenvalue weighted by molar-refractivity contribution is 0.256. The van der Waals surface area contributed by atoms with Gasteiger partial charge in [0, 0.05) is 12.0 Å². The van der Waals surface area contributed by atoms with E-state index in [0.717, 1.165) is 22.3 Å². The van der Waals surface area contributed by atoms with Gasteiger partial charge in [0.25, 0.3) is 0 Å². The number of rotatable bonds is 2. The molecule has 0 fully saturated rings. The average molecular weight is 409 g/mol. The standard InChI is InChI=1S/C22H15N7O2/c23-10-13-5-6-15-18(9-13)28(12-25-15)21-24-11-16-20(27-21)29(22(30)26-16)17-7-8-31-19-4-2-1-3-14(17)19/h1-6,9,11-12,17H,7-8H2,(H,26,30). The van der Waals surface area contributed by atoms with Gasteiger partial charge in [0.2, 0.25) is 5.95 Å². The zero-order chi connectivity index (χ0) is 20.9. The molecule has 1 aliphatic rings. The Balaban J connectivity index is 1.56. The molecule has 9 nitrogen and oxygen atoms in total. The Bertz CT molecular complexity index is 1570. The van der Waals surface area contributed by atoms with E-state index in [1.165, 1.54) is 0 Å². The van der Waals surface area contributed by atoms with Crippen LogP contribution in [-0.4, -0.2) is 35.7 Å². The summed E-state index contributed by atoms with van der Waals surface area (Å²) in [5, 5.41) is 9.24. The molecule has 4 heterocycles. The van der Waals surface area contributed by atoms with Gasteiger partial charge in [-0.2, -0.15) is 10.2 Å². The molecule has 1 atom stereocenters. The fourth-order valence-electron chi connectivity index (χ4n) is 4.14. The van der Waals surface area contributed by atoms with Crippen molar-refractivity contribution in [2.24, 2.45) is 0 Å². The van der Waals surface area contributed by atoms with Crippen LogP contribution in [0.2, 0.25) is 0 Å². The third kappa shape index (κ3) is 2.62. The second kappa shape index (κ2) is 6.53. The van der Waals surface area contributed by atoms with E-state index in [4.69, 9.17) is 9.72 Å². The molecular weight excluding hydrogens is 394 g/mol. The number of imidazole rings is 2. The number of hydrogen-bond acceptors (Lipinski definition) is 6. The molecule has 0 radical (unpaired) electrons. The summed E-state index contributed by atoms with van der Waals surface area (Å²) in [5.74, 6) is 1.15. The number of ether oxygens (including phenoxy) is 1. The largest absolute Gasteiger partial charge is 0.493 e. The van der Waals surface area contributed by atoms with Crippen molar-refractivity contribution in [1.29, 1.82) is 5.26 Å². The first-order chi connectivity index (χ1) is 15.2. The van der Waals surface area contributed by atoms with Gasteiger partial charge in [0.15, 0.2) is 5.65 Å². The molecule has 0 spiro atoms. The molecule has 0 bridgehead atoms. The van der Waals surface area contributed by atoms with Gasteiger partial charge in [-0.25, -0.2) is 14.8 Å². The zero-order valence-electron chi connectivity index (χ0n) is 16.2. The first kappa shape index (κ1) is 17.4. The van der Waals surface area contributed by atoms with Gasteiger partial charge in [-0.05, 0) is 24.3 Å². The fraction of sp³-hybridized carbons (Fsp3) is 0.136. The van der Waals surface area contributed by atoms with Crippen LogP contribution in [0.15, 0.2) is 59.8 Å². The Hall–Kier alpha value is -4.45. The van der Waals surface area contributed by atoms with Crippen LogP contribution in [0.5, 0.6) is 5.75 Å². The highest BCUT2D eigenvalue weighted by Gasteiger charge is 2.26. The van der Waals surface area contributed by atoms with Crippen molar-refractivity contribution in [3.63, 3.8) is 0 Å². The zero-order valence-corrected chi connectivity index (χ0v) is 16.2. The van der Waals surface area contributed by atoms with E-state index in [1.807, 2.05) is 24.3 Å². The highest BCUT2D eigenvalue weighted by atomic mass is 16.5. The molecule has 6 rings (SSSR count). The molecule has 0 aliphatic carbocycles. The topological polar surface area (TPSA) is 114 Å². The van der Waals surface area contributed by atoms with Crippen LogP contribution >= 0.6 is 0 Å². The normalized spacial score (nSPS) is 15.5. The van der Waals surface area contributed by atoms with Crippen molar-refractivity contribution in [2.45, 2.75) is 12.5 Å². The molecule has 0 saturated heterocycles. The van der Waals surface area contributed by atoms with Gasteiger partial charge in [0.1, 0.15) is 17.6 Å². The molecule has 9 heteroatoms. The van der Waals surface area contributed by atoms with Crippen LogP contribution in [0.4, 0.5) is 0 Å². The predicted octanol–water partition coefficient (Wildman–Crippen LogP) is 2.70. The Labute approximate surface area is 175 Å². The Morgan fingerprint density at radius 3 is 3.00 bits per heavy atom. The smallest absolute Gasteiger partial charge is 0.328 e. The summed E-state index contributed by atoms with van der Waals surface area (Å²) in [6.45, 7) is 0.516. The molecule has 1 unspecified atom stereocenters. The van der Waals surface area contributed by atoms with Gasteiger partial charge >= 0.3 is 5.69 Å². The summed E-state index contributed by atoms with van der Waals surface area (Å²) in [7, 11) is 0. The maximum Gasteiger partial charge on any atom is 0.328 e. The number of fused-ring (bicyclic) bond motifs is 3. The minimum atomic E-state index is -0.245. The summed E-state index contributed by atoms with van der Waals surface area (Å²) >= 11 is 0. The van der Waals surface area contributed by atoms with E-state index < -0.39 is 0 Å². The lowest BCUT2D eigenvalue weighted by atomic mass is 10.0. The number of para-hydroxylation sites is 1. The Morgan fingerprint density at radius 1 is 1.19 bits per heavy atom. The summed E-state index contributed by atoms with van der Waals surface area (Å²) in [6, 6.07) is 14.9. The number of nitrogens with zero attached hydrogens (tertiary/aromatic N) is 6. The lowest BCUT2D eigenvalue weighted by Crippen LogP contribution is -2.28. The van der Waals surface area contributed by atoms with Gasteiger partial charge in [-0.1, -0.05) is 18.2 Å². The van der Waals surface area contributed by atoms with E-state index in [9.17, 15) is 10.1 Å². The lowest BCUT2D eigenvalue weighted by Gasteiger charge is -2.26. The van der Waals surface area contributed by atoms with Gasteiger partial charge in [0.05, 0.1) is 41.5 Å². The van der Waals surface area contributed by atoms with E-state index >= 15 is 0 Å². The van der Waals surface area contributed by atoms with E-state index in [1.54, 1.807) is 39.9 Å². The van der Waals surface area contributed by atoms with Gasteiger partial charge < -0.3 is 9.72 Å². The Morgan fingerprint density at radius 2 is 2.10 bits per heavy atom. The number of benzene rings is 2. The van der Waals surface area contributed by atoms with Crippen molar-refractivity contribution in [1.82, 2.24) is 29.1 Å². The van der Waals surface area contributed by atoms with Crippen LogP contribution < -0.4 is 10.4 Å². The van der Waals surface area contributed by atoms with Crippen LogP contribution in [-0.2, 0) is 0 Å². The van der Waals surface area contributed by atoms with Crippen molar-refractivity contribution < 1.29 is 4.74 Å². The molecule has 1 N–H and O–H groups in total. The van der Waals surface area contributed by atoms with Crippen LogP contribution in [0.3, 0.4) is 0 Å². The minimum absolute atomic E-state index is 0.196. The van der Waals surface area contributed by atoms with Crippen LogP contribution in [0.25, 0.3) is 28.1 Å². The molecular formula is C22H15N7O2. The summed E-state index contributed by atoms with van der Waals surface area (Å²) in [6.07, 6.45) is 3.87. The molecule has 2 aromatic carbocycles. The fourth-order valence-corrected chi connectivity index (χ4v) is 4.14. The molecule has 0 amide bonds. The number of H-pyrrole nitrogens is 1. The van der Waals surface area contributed by atoms with Crippen LogP contribution in [0, 0.1) is 11.3 Å². The number of aromatic nitrogens is 6. The number of nitrogens with one attached hydrogen (secondary N) is 1. The predicted molar refractivity (Wildman–Crippen MR) is 112 cm³/mol. The quantitative estimate of drug-likeness (QED) is 0.479. The second-order valence-corrected chi connectivity index (χ2v) is 7.33. The number of hydrogen-bond donors (Lipinski definition) is 1. The summed E-state index contributed by atoms with van der Waals surface area (Å²) in [5.41, 5.74) is 3.74. The summed E-state index contributed by atoms with van der Waals surface area (Å²) < 4.78 is 9.15. The molecule has 150 valence electrons. The first-order valence-corrected chi connectivity index (χ1v) is 9.79. The van der Waals surface area contributed by atoms with Crippen molar-refractivity contribution in [3.8, 4) is 17.8 Å². The molecule has 5 aromatic rings. The van der Waals surface area contributed by atoms with E-state index in [2.05, 4.69) is 21.0 Å². The second-order valence-electron chi connectivity index (χ2n) is 7.33. The number of nitriles is 1. The van der Waals surface area contributed by atoms with Crippen molar-refractivity contribution in [2.75, 3.05) is 6.61 Å². The summed E-state index contributed by atoms with van der Waals surface area (Å²) in [4.78, 5) is 29.3. The van der Waals surface area contributed by atoms with Gasteiger partial charge in [-0.3, -0.25) is 9.13 Å². The third-order valence-corrected chi connectivity index (χ3v) is 5.57. The Kier molecular flexibility index (Phi) is 3.67. The maximum absolute atomic E-state index is 12.9. The highest BCUT2D eigenvalue weighted by Crippen LogP contribution is 2.34. The number of aromatic amines is 1. The monoisotopic (exact) mass is 409 g/mol. The van der Waals surface area contributed by atoms with Gasteiger partial charge in [-0.15, -0.1) is 0 Å². The highest BCUT2D eigenvalue weighted by molar-refractivity contribution is 5.79. The SMILES string of the molecule is N#Cc1ccc2ncn(-c3ncc4[nH]c(=O)n(C5CCOc6ccccc65)c4n3)c2c1. The first-order valence-electron chi connectivity index (χ1n) is 9.79. The van der Waals surface area contributed by atoms with Crippen molar-refractivity contribution >= 4 is 22.2 Å². The molecule has 3 aromatic heterocycles. The van der Waals surface area contributed by atoms with Crippen LogP contribution in [0.1, 0.15) is 23.6 Å². The average Bonchev–Trinajstić information content (AvgIpc) is 3.37. The van der Waals surface area contributed by atoms with E-state index in [-0.39, 0.29) is 11.7 Å². The molecule has 1 aliphatic heterocycles.